The third-order valence-electron chi connectivity index (χ3n) is 1.67. The molecule has 6 heteroatoms. The molecule has 1 rings (SSSR count). The number of halogens is 2. The second-order valence-electron chi connectivity index (χ2n) is 4.28. The van der Waals surface area contributed by atoms with Gasteiger partial charge in [-0.3, -0.25) is 5.32 Å². The maximum atomic E-state index is 11.6. The van der Waals surface area contributed by atoms with Crippen LogP contribution in [0.25, 0.3) is 0 Å². The molecule has 1 amide bonds. The first-order valence-electron chi connectivity index (χ1n) is 4.65. The zero-order valence-electron chi connectivity index (χ0n) is 9.48. The lowest BCUT2D eigenvalue weighted by molar-refractivity contribution is 0.0636. The van der Waals surface area contributed by atoms with Crippen LogP contribution in [0.3, 0.4) is 0 Å². The van der Waals surface area contributed by atoms with Gasteiger partial charge in [0, 0.05) is 0 Å². The number of hydrogen-bond acceptors (Lipinski definition) is 3. The molecular weight excluding hydrogens is 358 g/mol. The minimum absolute atomic E-state index is 0.443. The minimum Gasteiger partial charge on any atom is -0.444 e. The summed E-state index contributed by atoms with van der Waals surface area (Å²) in [6.07, 6.45) is -0.443. The van der Waals surface area contributed by atoms with Crippen molar-refractivity contribution in [2.75, 3.05) is 5.32 Å². The zero-order chi connectivity index (χ0) is 12.5. The molecule has 0 aliphatic heterocycles. The molecule has 0 aliphatic carbocycles. The van der Waals surface area contributed by atoms with E-state index in [1.165, 1.54) is 11.3 Å². The Morgan fingerprint density at radius 3 is 2.25 bits per heavy atom. The van der Waals surface area contributed by atoms with Crippen LogP contribution in [0.1, 0.15) is 26.3 Å². The van der Waals surface area contributed by atoms with Gasteiger partial charge in [-0.1, -0.05) is 0 Å². The highest BCUT2D eigenvalue weighted by Crippen LogP contribution is 2.40. The number of amides is 1. The maximum Gasteiger partial charge on any atom is 0.412 e. The predicted octanol–water partition coefficient (Wildman–Crippen LogP) is 4.93. The number of carbonyl (C=O) groups is 1. The molecule has 1 aromatic heterocycles. The third kappa shape index (κ3) is 3.75. The van der Waals surface area contributed by atoms with Gasteiger partial charge in [0.1, 0.15) is 5.60 Å². The fourth-order valence-corrected chi connectivity index (χ4v) is 3.94. The van der Waals surface area contributed by atoms with Crippen molar-refractivity contribution in [3.63, 3.8) is 0 Å². The Balaban J connectivity index is 2.78. The van der Waals surface area contributed by atoms with Gasteiger partial charge in [-0.2, -0.15) is 0 Å². The first-order valence-corrected chi connectivity index (χ1v) is 7.05. The van der Waals surface area contributed by atoms with E-state index in [-0.39, 0.29) is 0 Å². The van der Waals surface area contributed by atoms with Gasteiger partial charge in [-0.25, -0.2) is 4.79 Å². The van der Waals surface area contributed by atoms with E-state index < -0.39 is 11.7 Å². The average Bonchev–Trinajstić information content (AvgIpc) is 2.29. The Labute approximate surface area is 116 Å². The lowest BCUT2D eigenvalue weighted by atomic mass is 10.2. The van der Waals surface area contributed by atoms with Crippen LogP contribution in [0, 0.1) is 6.92 Å². The van der Waals surface area contributed by atoms with Crippen molar-refractivity contribution in [1.82, 2.24) is 0 Å². The largest absolute Gasteiger partial charge is 0.444 e. The molecular formula is C10H13Br2NO2S. The fraction of sp³-hybridized carbons (Fsp3) is 0.500. The monoisotopic (exact) mass is 369 g/mol. The summed E-state index contributed by atoms with van der Waals surface area (Å²) in [4.78, 5) is 11.6. The molecule has 0 fully saturated rings. The topological polar surface area (TPSA) is 38.3 Å². The van der Waals surface area contributed by atoms with Crippen LogP contribution in [-0.4, -0.2) is 11.7 Å². The maximum absolute atomic E-state index is 11.6. The molecule has 0 bridgehead atoms. The van der Waals surface area contributed by atoms with Crippen molar-refractivity contribution in [3.8, 4) is 0 Å². The highest BCUT2D eigenvalue weighted by Gasteiger charge is 2.19. The molecule has 16 heavy (non-hydrogen) atoms. The molecule has 0 radical (unpaired) electrons. The lowest BCUT2D eigenvalue weighted by Crippen LogP contribution is -2.27. The summed E-state index contributed by atoms with van der Waals surface area (Å²) in [5, 5.41) is 2.73. The number of ether oxygens (including phenoxy) is 1. The molecule has 90 valence electrons. The number of hydrogen-bond donors (Lipinski definition) is 1. The van der Waals surface area contributed by atoms with E-state index in [0.717, 1.165) is 18.8 Å². The number of rotatable bonds is 1. The van der Waals surface area contributed by atoms with Gasteiger partial charge in [0.25, 0.3) is 0 Å². The summed E-state index contributed by atoms with van der Waals surface area (Å²) >= 11 is 8.33. The number of nitrogens with one attached hydrogen (secondary N) is 1. The summed E-state index contributed by atoms with van der Waals surface area (Å²) in [6.45, 7) is 7.42. The first-order chi connectivity index (χ1) is 7.20. The Morgan fingerprint density at radius 1 is 1.31 bits per heavy atom. The highest BCUT2D eigenvalue weighted by molar-refractivity contribution is 9.12. The summed E-state index contributed by atoms with van der Waals surface area (Å²) in [5.74, 6) is 0. The van der Waals surface area contributed by atoms with E-state index in [1.807, 2.05) is 27.7 Å². The SMILES string of the molecule is Cc1c(Br)sc(Br)c1NC(=O)OC(C)(C)C. The van der Waals surface area contributed by atoms with Gasteiger partial charge in [-0.05, 0) is 65.1 Å². The Hall–Kier alpha value is -0.0700. The van der Waals surface area contributed by atoms with Crippen LogP contribution in [-0.2, 0) is 4.74 Å². The zero-order valence-corrected chi connectivity index (χ0v) is 13.5. The number of carbonyl (C=O) groups excluding carboxylic acids is 1. The smallest absolute Gasteiger partial charge is 0.412 e. The van der Waals surface area contributed by atoms with Crippen LogP contribution in [0.15, 0.2) is 7.57 Å². The Morgan fingerprint density at radius 2 is 1.88 bits per heavy atom. The molecule has 0 saturated carbocycles. The molecule has 1 N–H and O–H groups in total. The van der Waals surface area contributed by atoms with Crippen molar-refractivity contribution in [1.29, 1.82) is 0 Å². The van der Waals surface area contributed by atoms with Crippen molar-refractivity contribution >= 4 is 55.0 Å². The van der Waals surface area contributed by atoms with Crippen molar-refractivity contribution in [3.05, 3.63) is 13.1 Å². The van der Waals surface area contributed by atoms with Gasteiger partial charge in [0.15, 0.2) is 0 Å². The molecule has 0 aliphatic rings. The number of anilines is 1. The molecule has 1 aromatic rings. The summed E-state index contributed by atoms with van der Waals surface area (Å²) < 4.78 is 7.05. The molecule has 3 nitrogen and oxygen atoms in total. The van der Waals surface area contributed by atoms with E-state index in [9.17, 15) is 4.79 Å². The van der Waals surface area contributed by atoms with Crippen LogP contribution in [0.5, 0.6) is 0 Å². The predicted molar refractivity (Wildman–Crippen MR) is 74.3 cm³/mol. The van der Waals surface area contributed by atoms with E-state index in [1.54, 1.807) is 0 Å². The Kier molecular flexibility index (Phi) is 4.42. The van der Waals surface area contributed by atoms with E-state index >= 15 is 0 Å². The fourth-order valence-electron chi connectivity index (χ4n) is 1.00. The molecule has 0 unspecified atom stereocenters. The number of thiophene rings is 1. The second-order valence-corrected chi connectivity index (χ2v) is 7.93. The molecule has 1 heterocycles. The van der Waals surface area contributed by atoms with Gasteiger partial charge in [-0.15, -0.1) is 11.3 Å². The van der Waals surface area contributed by atoms with E-state index in [2.05, 4.69) is 37.2 Å². The van der Waals surface area contributed by atoms with E-state index in [0.29, 0.717) is 0 Å². The quantitative estimate of drug-likeness (QED) is 0.761. The lowest BCUT2D eigenvalue weighted by Gasteiger charge is -2.19. The molecule has 0 atom stereocenters. The van der Waals surface area contributed by atoms with Crippen LogP contribution in [0.2, 0.25) is 0 Å². The van der Waals surface area contributed by atoms with Crippen LogP contribution >= 0.6 is 43.2 Å². The average molecular weight is 371 g/mol. The minimum atomic E-state index is -0.488. The Bertz CT molecular complexity index is 410. The summed E-state index contributed by atoms with van der Waals surface area (Å²) in [6, 6.07) is 0. The van der Waals surface area contributed by atoms with Crippen LogP contribution in [0.4, 0.5) is 10.5 Å². The van der Waals surface area contributed by atoms with Crippen LogP contribution < -0.4 is 5.32 Å². The molecule has 0 aromatic carbocycles. The van der Waals surface area contributed by atoms with Gasteiger partial charge < -0.3 is 4.74 Å². The van der Waals surface area contributed by atoms with Gasteiger partial charge in [0.05, 0.1) is 13.3 Å². The molecule has 0 saturated heterocycles. The first kappa shape index (κ1) is 14.0. The van der Waals surface area contributed by atoms with E-state index in [4.69, 9.17) is 4.74 Å². The van der Waals surface area contributed by atoms with Gasteiger partial charge >= 0.3 is 6.09 Å². The summed E-state index contributed by atoms with van der Waals surface area (Å²) in [7, 11) is 0. The molecule has 0 spiro atoms. The normalized spacial score (nSPS) is 11.4. The van der Waals surface area contributed by atoms with Gasteiger partial charge in [0.2, 0.25) is 0 Å². The standard InChI is InChI=1S/C10H13Br2NO2S/c1-5-6(8(12)16-7(5)11)13-9(14)15-10(2,3)4/h1-4H3,(H,13,14). The highest BCUT2D eigenvalue weighted by atomic mass is 79.9. The summed E-state index contributed by atoms with van der Waals surface area (Å²) in [5.41, 5.74) is 1.26. The van der Waals surface area contributed by atoms with Crippen molar-refractivity contribution in [2.24, 2.45) is 0 Å². The second kappa shape index (κ2) is 5.06. The third-order valence-corrected chi connectivity index (χ3v) is 4.50. The van der Waals surface area contributed by atoms with Crippen molar-refractivity contribution in [2.45, 2.75) is 33.3 Å². The van der Waals surface area contributed by atoms with Crippen molar-refractivity contribution < 1.29 is 9.53 Å².